The molecule has 3 rings (SSSR count). The van der Waals surface area contributed by atoms with Crippen LogP contribution in [0.2, 0.25) is 0 Å². The van der Waals surface area contributed by atoms with Crippen molar-refractivity contribution in [3.63, 3.8) is 0 Å². The Kier molecular flexibility index (Phi) is 5.84. The van der Waals surface area contributed by atoms with Crippen molar-refractivity contribution in [1.29, 1.82) is 0 Å². The van der Waals surface area contributed by atoms with Crippen LogP contribution in [0.3, 0.4) is 0 Å². The van der Waals surface area contributed by atoms with Crippen LogP contribution in [0.4, 0.5) is 14.5 Å². The van der Waals surface area contributed by atoms with Gasteiger partial charge in [0.15, 0.2) is 6.61 Å². The summed E-state index contributed by atoms with van der Waals surface area (Å²) in [5.41, 5.74) is 0.538. The van der Waals surface area contributed by atoms with E-state index in [1.54, 1.807) is 18.2 Å². The highest BCUT2D eigenvalue weighted by molar-refractivity contribution is 5.97. The van der Waals surface area contributed by atoms with Crippen LogP contribution in [-0.2, 0) is 9.53 Å². The molecule has 9 nitrogen and oxygen atoms in total. The number of amides is 1. The SMILES string of the molecule is O=C(COC(=O)c1ccccc1-n1cnnn1)Nc1ccccc1OC(F)F. The van der Waals surface area contributed by atoms with Crippen molar-refractivity contribution >= 4 is 17.6 Å². The lowest BCUT2D eigenvalue weighted by Crippen LogP contribution is -2.22. The molecule has 0 fully saturated rings. The standard InChI is InChI=1S/C17H13F2N5O4/c18-17(19)28-14-8-4-2-6-12(14)21-15(25)9-27-16(26)11-5-1-3-7-13(11)24-10-20-22-23-24/h1-8,10,17H,9H2,(H,21,25). The van der Waals surface area contributed by atoms with E-state index in [0.717, 1.165) is 0 Å². The first kappa shape index (κ1) is 18.9. The highest BCUT2D eigenvalue weighted by atomic mass is 19.3. The van der Waals surface area contributed by atoms with Crippen LogP contribution in [0, 0.1) is 0 Å². The van der Waals surface area contributed by atoms with Crippen LogP contribution < -0.4 is 10.1 Å². The zero-order valence-corrected chi connectivity index (χ0v) is 14.2. The second-order valence-electron chi connectivity index (χ2n) is 5.27. The van der Waals surface area contributed by atoms with Gasteiger partial charge in [0.1, 0.15) is 12.1 Å². The number of para-hydroxylation sites is 3. The molecule has 0 aliphatic rings. The number of carbonyl (C=O) groups is 2. The second kappa shape index (κ2) is 8.66. The van der Waals surface area contributed by atoms with Crippen molar-refractivity contribution in [3.8, 4) is 11.4 Å². The third kappa shape index (κ3) is 4.63. The molecule has 0 bridgehead atoms. The Hall–Kier alpha value is -3.89. The number of benzene rings is 2. The number of rotatable bonds is 7. The van der Waals surface area contributed by atoms with Crippen molar-refractivity contribution in [3.05, 3.63) is 60.4 Å². The van der Waals surface area contributed by atoms with Gasteiger partial charge >= 0.3 is 12.6 Å². The summed E-state index contributed by atoms with van der Waals surface area (Å²) in [5, 5.41) is 13.1. The molecule has 0 aliphatic heterocycles. The molecule has 11 heteroatoms. The molecule has 1 N–H and O–H groups in total. The molecule has 0 saturated heterocycles. The summed E-state index contributed by atoms with van der Waals surface area (Å²) >= 11 is 0. The van der Waals surface area contributed by atoms with E-state index in [1.807, 2.05) is 0 Å². The molecule has 28 heavy (non-hydrogen) atoms. The molecular weight excluding hydrogens is 376 g/mol. The lowest BCUT2D eigenvalue weighted by Gasteiger charge is -2.12. The Bertz CT molecular complexity index is 966. The lowest BCUT2D eigenvalue weighted by molar-refractivity contribution is -0.119. The summed E-state index contributed by atoms with van der Waals surface area (Å²) in [7, 11) is 0. The fourth-order valence-electron chi connectivity index (χ4n) is 2.28. The van der Waals surface area contributed by atoms with E-state index in [-0.39, 0.29) is 17.0 Å². The number of halogens is 2. The number of aromatic nitrogens is 4. The molecule has 1 heterocycles. The van der Waals surface area contributed by atoms with Crippen LogP contribution in [0.15, 0.2) is 54.9 Å². The maximum Gasteiger partial charge on any atom is 0.387 e. The van der Waals surface area contributed by atoms with Gasteiger partial charge in [-0.2, -0.15) is 13.5 Å². The Labute approximate surface area is 156 Å². The molecule has 0 saturated carbocycles. The van der Waals surface area contributed by atoms with Crippen molar-refractivity contribution in [1.82, 2.24) is 20.2 Å². The van der Waals surface area contributed by atoms with Crippen LogP contribution in [0.1, 0.15) is 10.4 Å². The van der Waals surface area contributed by atoms with Gasteiger partial charge in [-0.05, 0) is 34.7 Å². The summed E-state index contributed by atoms with van der Waals surface area (Å²) < 4.78 is 35.4. The third-order valence-electron chi connectivity index (χ3n) is 3.43. The van der Waals surface area contributed by atoms with Gasteiger partial charge in [0.05, 0.1) is 16.9 Å². The molecule has 3 aromatic rings. The Morgan fingerprint density at radius 2 is 1.86 bits per heavy atom. The van der Waals surface area contributed by atoms with Crippen LogP contribution in [0.25, 0.3) is 5.69 Å². The molecule has 1 amide bonds. The number of carbonyl (C=O) groups excluding carboxylic acids is 2. The van der Waals surface area contributed by atoms with Gasteiger partial charge in [-0.15, -0.1) is 5.10 Å². The minimum absolute atomic E-state index is 0.0259. The smallest absolute Gasteiger partial charge is 0.387 e. The fourth-order valence-corrected chi connectivity index (χ4v) is 2.28. The van der Waals surface area contributed by atoms with Crippen LogP contribution in [0.5, 0.6) is 5.75 Å². The third-order valence-corrected chi connectivity index (χ3v) is 3.43. The summed E-state index contributed by atoms with van der Waals surface area (Å²) in [4.78, 5) is 24.4. The van der Waals surface area contributed by atoms with Crippen molar-refractivity contribution in [2.75, 3.05) is 11.9 Å². The molecule has 0 atom stereocenters. The number of alkyl halides is 2. The molecule has 0 aliphatic carbocycles. The summed E-state index contributed by atoms with van der Waals surface area (Å²) in [6, 6.07) is 12.0. The van der Waals surface area contributed by atoms with Crippen molar-refractivity contribution < 1.29 is 27.8 Å². The van der Waals surface area contributed by atoms with E-state index in [2.05, 4.69) is 25.6 Å². The van der Waals surface area contributed by atoms with E-state index >= 15 is 0 Å². The predicted molar refractivity (Wildman–Crippen MR) is 91.1 cm³/mol. The number of nitrogens with one attached hydrogen (secondary N) is 1. The molecule has 0 spiro atoms. The lowest BCUT2D eigenvalue weighted by atomic mass is 10.2. The monoisotopic (exact) mass is 389 g/mol. The number of ether oxygens (including phenoxy) is 2. The topological polar surface area (TPSA) is 108 Å². The molecule has 2 aromatic carbocycles. The highest BCUT2D eigenvalue weighted by Crippen LogP contribution is 2.25. The first-order valence-electron chi connectivity index (χ1n) is 7.88. The first-order chi connectivity index (χ1) is 13.5. The molecule has 1 aromatic heterocycles. The van der Waals surface area contributed by atoms with E-state index in [0.29, 0.717) is 5.69 Å². The van der Waals surface area contributed by atoms with Gasteiger partial charge in [0.2, 0.25) is 0 Å². The summed E-state index contributed by atoms with van der Waals surface area (Å²) in [6.45, 7) is -3.68. The normalized spacial score (nSPS) is 10.5. The minimum Gasteiger partial charge on any atom is -0.452 e. The number of esters is 1. The predicted octanol–water partition coefficient (Wildman–Crippen LogP) is 2.06. The van der Waals surface area contributed by atoms with Crippen molar-refractivity contribution in [2.45, 2.75) is 6.61 Å². The molecule has 0 unspecified atom stereocenters. The average molecular weight is 389 g/mol. The number of nitrogens with zero attached hydrogens (tertiary/aromatic N) is 4. The number of tetrazole rings is 1. The number of anilines is 1. The fraction of sp³-hybridized carbons (Fsp3) is 0.118. The maximum absolute atomic E-state index is 12.4. The van der Waals surface area contributed by atoms with Gasteiger partial charge in [0, 0.05) is 0 Å². The number of hydrogen-bond acceptors (Lipinski definition) is 7. The Balaban J connectivity index is 1.64. The van der Waals surface area contributed by atoms with Crippen molar-refractivity contribution in [2.24, 2.45) is 0 Å². The van der Waals surface area contributed by atoms with Gasteiger partial charge in [-0.3, -0.25) is 4.79 Å². The number of hydrogen-bond donors (Lipinski definition) is 1. The quantitative estimate of drug-likeness (QED) is 0.616. The second-order valence-corrected chi connectivity index (χ2v) is 5.27. The van der Waals surface area contributed by atoms with E-state index in [4.69, 9.17) is 4.74 Å². The van der Waals surface area contributed by atoms with E-state index in [1.165, 1.54) is 41.3 Å². The summed E-state index contributed by atoms with van der Waals surface area (Å²) in [6.07, 6.45) is 1.30. The Morgan fingerprint density at radius 3 is 2.61 bits per heavy atom. The molecule has 144 valence electrons. The van der Waals surface area contributed by atoms with Gasteiger partial charge in [-0.25, -0.2) is 4.79 Å². The first-order valence-corrected chi connectivity index (χ1v) is 7.88. The van der Waals surface area contributed by atoms with Gasteiger partial charge < -0.3 is 14.8 Å². The zero-order chi connectivity index (χ0) is 19.9. The molecular formula is C17H13F2N5O4. The zero-order valence-electron chi connectivity index (χ0n) is 14.2. The maximum atomic E-state index is 12.4. The average Bonchev–Trinajstić information content (AvgIpc) is 3.22. The summed E-state index contributed by atoms with van der Waals surface area (Å²) in [5.74, 6) is -1.71. The molecule has 0 radical (unpaired) electrons. The highest BCUT2D eigenvalue weighted by Gasteiger charge is 2.17. The van der Waals surface area contributed by atoms with Crippen LogP contribution in [-0.4, -0.2) is 45.3 Å². The Morgan fingerprint density at radius 1 is 1.11 bits per heavy atom. The van der Waals surface area contributed by atoms with E-state index < -0.39 is 25.1 Å². The van der Waals surface area contributed by atoms with Gasteiger partial charge in [-0.1, -0.05) is 24.3 Å². The largest absolute Gasteiger partial charge is 0.452 e. The van der Waals surface area contributed by atoms with Crippen LogP contribution >= 0.6 is 0 Å². The van der Waals surface area contributed by atoms with E-state index in [9.17, 15) is 18.4 Å². The van der Waals surface area contributed by atoms with Gasteiger partial charge in [0.25, 0.3) is 5.91 Å². The minimum atomic E-state index is -3.04.